The van der Waals surface area contributed by atoms with Crippen LogP contribution in [-0.4, -0.2) is 62.6 Å². The molecular formula is C18H28N4O2S2. The highest BCUT2D eigenvalue weighted by Gasteiger charge is 2.27. The van der Waals surface area contributed by atoms with Gasteiger partial charge in [-0.1, -0.05) is 6.92 Å². The van der Waals surface area contributed by atoms with Crippen LogP contribution in [0, 0.1) is 0 Å². The molecule has 1 saturated heterocycles. The zero-order valence-corrected chi connectivity index (χ0v) is 17.3. The first kappa shape index (κ1) is 19.6. The molecular weight excluding hydrogens is 368 g/mol. The van der Waals surface area contributed by atoms with Gasteiger partial charge in [0.2, 0.25) is 10.0 Å². The summed E-state index contributed by atoms with van der Waals surface area (Å²) in [6.45, 7) is 6.29. The Kier molecular flexibility index (Phi) is 6.19. The first-order valence-electron chi connectivity index (χ1n) is 9.03. The van der Waals surface area contributed by atoms with Gasteiger partial charge in [-0.25, -0.2) is 13.1 Å². The number of nitrogens with one attached hydrogen (secondary N) is 1. The van der Waals surface area contributed by atoms with Crippen LogP contribution in [0.15, 0.2) is 34.7 Å². The number of rotatable bonds is 7. The molecule has 8 heteroatoms. The summed E-state index contributed by atoms with van der Waals surface area (Å²) in [6, 6.07) is 7.73. The fraction of sp³-hybridized carbons (Fsp3) is 0.556. The standard InChI is InChI=1S/C18H28N4O2S2/c1-4-15-7-8-18(25-15)26(23,24)19-14-17(16-6-5-9-21(16)3)22-12-10-20(2)11-13-22/h5-9,17,19H,4,10-14H2,1-3H3. The number of likely N-dealkylation sites (N-methyl/N-ethyl adjacent to an activating group) is 1. The molecule has 2 aromatic heterocycles. The van der Waals surface area contributed by atoms with Crippen LogP contribution in [0.25, 0.3) is 0 Å². The molecule has 0 amide bonds. The molecule has 1 aliphatic rings. The van der Waals surface area contributed by atoms with E-state index in [9.17, 15) is 8.42 Å². The van der Waals surface area contributed by atoms with E-state index in [0.717, 1.165) is 43.2 Å². The number of hydrogen-bond acceptors (Lipinski definition) is 5. The molecule has 0 aliphatic carbocycles. The number of hydrogen-bond donors (Lipinski definition) is 1. The third kappa shape index (κ3) is 4.37. The summed E-state index contributed by atoms with van der Waals surface area (Å²) in [4.78, 5) is 5.77. The SMILES string of the molecule is CCc1ccc(S(=O)(=O)NCC(c2cccn2C)N2CCN(C)CC2)s1. The molecule has 0 radical (unpaired) electrons. The first-order valence-corrected chi connectivity index (χ1v) is 11.3. The Morgan fingerprint density at radius 3 is 2.46 bits per heavy atom. The summed E-state index contributed by atoms with van der Waals surface area (Å²) in [5.74, 6) is 0. The summed E-state index contributed by atoms with van der Waals surface area (Å²) in [6.07, 6.45) is 2.87. The number of aryl methyl sites for hydroxylation is 2. The molecule has 3 rings (SSSR count). The van der Waals surface area contributed by atoms with Crippen LogP contribution in [0.5, 0.6) is 0 Å². The van der Waals surface area contributed by atoms with Crippen molar-refractivity contribution in [3.05, 3.63) is 41.0 Å². The monoisotopic (exact) mass is 396 g/mol. The highest BCUT2D eigenvalue weighted by Crippen LogP contribution is 2.25. The molecule has 2 aromatic rings. The molecule has 26 heavy (non-hydrogen) atoms. The van der Waals surface area contributed by atoms with Crippen molar-refractivity contribution in [2.24, 2.45) is 7.05 Å². The van der Waals surface area contributed by atoms with Crippen LogP contribution < -0.4 is 4.72 Å². The smallest absolute Gasteiger partial charge is 0.250 e. The molecule has 0 bridgehead atoms. The zero-order valence-electron chi connectivity index (χ0n) is 15.7. The van der Waals surface area contributed by atoms with E-state index in [2.05, 4.69) is 32.2 Å². The van der Waals surface area contributed by atoms with Crippen molar-refractivity contribution < 1.29 is 8.42 Å². The molecule has 3 heterocycles. The molecule has 6 nitrogen and oxygen atoms in total. The van der Waals surface area contributed by atoms with Crippen LogP contribution in [0.3, 0.4) is 0 Å². The molecule has 144 valence electrons. The minimum atomic E-state index is -3.48. The molecule has 1 fully saturated rings. The predicted molar refractivity (Wildman–Crippen MR) is 106 cm³/mol. The van der Waals surface area contributed by atoms with Crippen molar-refractivity contribution in [1.82, 2.24) is 19.1 Å². The van der Waals surface area contributed by atoms with Gasteiger partial charge in [0, 0.05) is 56.5 Å². The highest BCUT2D eigenvalue weighted by atomic mass is 32.2. The lowest BCUT2D eigenvalue weighted by atomic mass is 10.1. The fourth-order valence-corrected chi connectivity index (χ4v) is 5.71. The Morgan fingerprint density at radius 1 is 1.15 bits per heavy atom. The summed E-state index contributed by atoms with van der Waals surface area (Å²) in [5.41, 5.74) is 1.14. The lowest BCUT2D eigenvalue weighted by molar-refractivity contribution is 0.109. The zero-order chi connectivity index (χ0) is 18.7. The Bertz CT molecular complexity index is 820. The number of sulfonamides is 1. The van der Waals surface area contributed by atoms with E-state index in [0.29, 0.717) is 10.8 Å². The summed E-state index contributed by atoms with van der Waals surface area (Å²) >= 11 is 1.35. The van der Waals surface area contributed by atoms with E-state index in [1.54, 1.807) is 6.07 Å². The van der Waals surface area contributed by atoms with Gasteiger partial charge >= 0.3 is 0 Å². The van der Waals surface area contributed by atoms with Gasteiger partial charge in [0.05, 0.1) is 6.04 Å². The van der Waals surface area contributed by atoms with E-state index in [4.69, 9.17) is 0 Å². The second-order valence-corrected chi connectivity index (χ2v) is 9.99. The Hall–Kier alpha value is -1.19. The van der Waals surface area contributed by atoms with Gasteiger partial charge in [-0.3, -0.25) is 4.90 Å². The topological polar surface area (TPSA) is 57.6 Å². The van der Waals surface area contributed by atoms with Crippen LogP contribution in [0.4, 0.5) is 0 Å². The highest BCUT2D eigenvalue weighted by molar-refractivity contribution is 7.91. The van der Waals surface area contributed by atoms with Gasteiger partial charge in [0.25, 0.3) is 0 Å². The van der Waals surface area contributed by atoms with Crippen LogP contribution >= 0.6 is 11.3 Å². The second kappa shape index (κ2) is 8.22. The number of aromatic nitrogens is 1. The lowest BCUT2D eigenvalue weighted by Gasteiger charge is -2.38. The van der Waals surface area contributed by atoms with Crippen molar-refractivity contribution in [3.63, 3.8) is 0 Å². The normalized spacial score (nSPS) is 18.3. The van der Waals surface area contributed by atoms with Gasteiger partial charge in [-0.2, -0.15) is 0 Å². The summed E-state index contributed by atoms with van der Waals surface area (Å²) < 4.78 is 30.8. The van der Waals surface area contributed by atoms with E-state index in [-0.39, 0.29) is 6.04 Å². The molecule has 1 N–H and O–H groups in total. The molecule has 0 saturated carbocycles. The van der Waals surface area contributed by atoms with Crippen molar-refractivity contribution in [3.8, 4) is 0 Å². The quantitative estimate of drug-likeness (QED) is 0.777. The number of thiophene rings is 1. The maximum absolute atomic E-state index is 12.7. The molecule has 1 unspecified atom stereocenters. The van der Waals surface area contributed by atoms with Crippen molar-refractivity contribution >= 4 is 21.4 Å². The average Bonchev–Trinajstić information content (AvgIpc) is 3.26. The van der Waals surface area contributed by atoms with Crippen molar-refractivity contribution in [1.29, 1.82) is 0 Å². The largest absolute Gasteiger partial charge is 0.353 e. The Labute approximate surface area is 160 Å². The molecule has 1 aliphatic heterocycles. The molecule has 0 aromatic carbocycles. The average molecular weight is 397 g/mol. The Balaban J connectivity index is 1.76. The third-order valence-corrected chi connectivity index (χ3v) is 8.17. The van der Waals surface area contributed by atoms with Crippen LogP contribution in [-0.2, 0) is 23.5 Å². The minimum Gasteiger partial charge on any atom is -0.353 e. The van der Waals surface area contributed by atoms with E-state index >= 15 is 0 Å². The predicted octanol–water partition coefficient (Wildman–Crippen LogP) is 1.92. The number of nitrogens with zero attached hydrogens (tertiary/aromatic N) is 3. The van der Waals surface area contributed by atoms with E-state index < -0.39 is 10.0 Å². The maximum Gasteiger partial charge on any atom is 0.250 e. The lowest BCUT2D eigenvalue weighted by Crippen LogP contribution is -2.48. The second-order valence-electron chi connectivity index (χ2n) is 6.83. The summed E-state index contributed by atoms with van der Waals surface area (Å²) in [7, 11) is 0.662. The van der Waals surface area contributed by atoms with E-state index in [1.807, 2.05) is 32.3 Å². The Morgan fingerprint density at radius 2 is 1.88 bits per heavy atom. The van der Waals surface area contributed by atoms with Crippen molar-refractivity contribution in [2.45, 2.75) is 23.6 Å². The minimum absolute atomic E-state index is 0.0316. The fourth-order valence-electron chi connectivity index (χ4n) is 3.33. The van der Waals surface area contributed by atoms with Crippen molar-refractivity contribution in [2.75, 3.05) is 39.8 Å². The maximum atomic E-state index is 12.7. The van der Waals surface area contributed by atoms with Gasteiger partial charge in [-0.15, -0.1) is 11.3 Å². The third-order valence-electron chi connectivity index (χ3n) is 5.02. The van der Waals surface area contributed by atoms with Gasteiger partial charge < -0.3 is 9.47 Å². The van der Waals surface area contributed by atoms with Crippen LogP contribution in [0.2, 0.25) is 0 Å². The van der Waals surface area contributed by atoms with Gasteiger partial charge in [-0.05, 0) is 37.7 Å². The van der Waals surface area contributed by atoms with E-state index in [1.165, 1.54) is 11.3 Å². The number of piperazine rings is 1. The van der Waals surface area contributed by atoms with Gasteiger partial charge in [0.1, 0.15) is 4.21 Å². The van der Waals surface area contributed by atoms with Crippen LogP contribution in [0.1, 0.15) is 23.5 Å². The summed E-state index contributed by atoms with van der Waals surface area (Å²) in [5, 5.41) is 0. The van der Waals surface area contributed by atoms with Gasteiger partial charge in [0.15, 0.2) is 0 Å². The first-order chi connectivity index (χ1) is 12.4. The molecule has 0 spiro atoms. The molecule has 1 atom stereocenters.